The molecule has 2 heterocycles. The van der Waals surface area contributed by atoms with Crippen molar-refractivity contribution in [2.24, 2.45) is 11.7 Å². The van der Waals surface area contributed by atoms with Gasteiger partial charge in [0.05, 0.1) is 0 Å². The average Bonchev–Trinajstić information content (AvgIpc) is 2.83. The Morgan fingerprint density at radius 3 is 2.29 bits per heavy atom. The number of anilines is 1. The number of pyridine rings is 1. The zero-order chi connectivity index (χ0) is 21.6. The Balaban J connectivity index is 1.39. The summed E-state index contributed by atoms with van der Waals surface area (Å²) in [7, 11) is 0. The zero-order valence-corrected chi connectivity index (χ0v) is 17.3. The standard InChI is InChI=1S/C25H26N4O2/c26-23(30)20-12-15-29(16-13-20)24-22(7-4-14-27-24)17-28-25(31)21-10-8-19(9-11-21)18-5-2-1-3-6-18/h1-11,14,20H,12-13,15-17H2,(H2,26,30)(H,28,31). The quantitative estimate of drug-likeness (QED) is 0.647. The third-order valence-electron chi connectivity index (χ3n) is 5.76. The zero-order valence-electron chi connectivity index (χ0n) is 17.3. The lowest BCUT2D eigenvalue weighted by molar-refractivity contribution is -0.122. The van der Waals surface area contributed by atoms with Gasteiger partial charge in [0.2, 0.25) is 5.91 Å². The second kappa shape index (κ2) is 9.43. The fraction of sp³-hybridized carbons (Fsp3) is 0.240. The summed E-state index contributed by atoms with van der Waals surface area (Å²) in [5, 5.41) is 3.00. The Kier molecular flexibility index (Phi) is 6.26. The van der Waals surface area contributed by atoms with Crippen molar-refractivity contribution in [3.8, 4) is 11.1 Å². The van der Waals surface area contributed by atoms with E-state index in [4.69, 9.17) is 5.73 Å². The van der Waals surface area contributed by atoms with Gasteiger partial charge in [0.15, 0.2) is 0 Å². The maximum atomic E-state index is 12.7. The number of amides is 2. The Morgan fingerprint density at radius 1 is 0.935 bits per heavy atom. The largest absolute Gasteiger partial charge is 0.369 e. The minimum atomic E-state index is -0.230. The van der Waals surface area contributed by atoms with Gasteiger partial charge < -0.3 is 16.0 Å². The number of piperidine rings is 1. The van der Waals surface area contributed by atoms with Gasteiger partial charge in [-0.25, -0.2) is 4.98 Å². The van der Waals surface area contributed by atoms with E-state index in [0.717, 1.165) is 48.4 Å². The number of aromatic nitrogens is 1. The van der Waals surface area contributed by atoms with Crippen LogP contribution >= 0.6 is 0 Å². The van der Waals surface area contributed by atoms with E-state index in [1.807, 2.05) is 66.7 Å². The van der Waals surface area contributed by atoms with Crippen molar-refractivity contribution < 1.29 is 9.59 Å². The predicted molar refractivity (Wildman–Crippen MR) is 121 cm³/mol. The molecule has 6 heteroatoms. The molecule has 158 valence electrons. The summed E-state index contributed by atoms with van der Waals surface area (Å²) in [5.74, 6) is 0.431. The van der Waals surface area contributed by atoms with Gasteiger partial charge in [-0.3, -0.25) is 9.59 Å². The number of primary amides is 1. The summed E-state index contributed by atoms with van der Waals surface area (Å²) in [6.45, 7) is 1.84. The van der Waals surface area contributed by atoms with Crippen LogP contribution in [0, 0.1) is 5.92 Å². The number of nitrogens with two attached hydrogens (primary N) is 1. The van der Waals surface area contributed by atoms with Crippen molar-refractivity contribution >= 4 is 17.6 Å². The van der Waals surface area contributed by atoms with E-state index < -0.39 is 0 Å². The van der Waals surface area contributed by atoms with Crippen LogP contribution in [0.25, 0.3) is 11.1 Å². The highest BCUT2D eigenvalue weighted by Gasteiger charge is 2.25. The fourth-order valence-corrected chi connectivity index (χ4v) is 3.95. The Labute approximate surface area is 182 Å². The fourth-order valence-electron chi connectivity index (χ4n) is 3.95. The molecular weight excluding hydrogens is 388 g/mol. The number of nitrogens with zero attached hydrogens (tertiary/aromatic N) is 2. The van der Waals surface area contributed by atoms with Crippen molar-refractivity contribution in [2.75, 3.05) is 18.0 Å². The number of carbonyl (C=O) groups excluding carboxylic acids is 2. The number of hydrogen-bond donors (Lipinski definition) is 2. The summed E-state index contributed by atoms with van der Waals surface area (Å²) in [6, 6.07) is 21.5. The monoisotopic (exact) mass is 414 g/mol. The van der Waals surface area contributed by atoms with E-state index in [-0.39, 0.29) is 17.7 Å². The maximum absolute atomic E-state index is 12.7. The molecule has 2 aromatic carbocycles. The molecular formula is C25H26N4O2. The van der Waals surface area contributed by atoms with Gasteiger partial charge in [0, 0.05) is 42.9 Å². The van der Waals surface area contributed by atoms with Crippen molar-refractivity contribution in [3.05, 3.63) is 84.1 Å². The van der Waals surface area contributed by atoms with E-state index in [2.05, 4.69) is 15.2 Å². The lowest BCUT2D eigenvalue weighted by atomic mass is 9.96. The van der Waals surface area contributed by atoms with Crippen LogP contribution in [0.3, 0.4) is 0 Å². The number of benzene rings is 2. The summed E-state index contributed by atoms with van der Waals surface area (Å²) in [5.41, 5.74) is 9.21. The smallest absolute Gasteiger partial charge is 0.251 e. The Morgan fingerprint density at radius 2 is 1.61 bits per heavy atom. The van der Waals surface area contributed by atoms with E-state index >= 15 is 0 Å². The molecule has 1 saturated heterocycles. The first-order valence-electron chi connectivity index (χ1n) is 10.5. The first kappa shape index (κ1) is 20.6. The van der Waals surface area contributed by atoms with E-state index in [1.165, 1.54) is 0 Å². The lowest BCUT2D eigenvalue weighted by Gasteiger charge is -2.32. The second-order valence-corrected chi connectivity index (χ2v) is 7.78. The minimum absolute atomic E-state index is 0.0676. The molecule has 4 rings (SSSR count). The molecule has 0 aliphatic carbocycles. The van der Waals surface area contributed by atoms with Crippen molar-refractivity contribution in [3.63, 3.8) is 0 Å². The third kappa shape index (κ3) is 4.91. The molecule has 31 heavy (non-hydrogen) atoms. The SMILES string of the molecule is NC(=O)C1CCN(c2ncccc2CNC(=O)c2ccc(-c3ccccc3)cc2)CC1. The van der Waals surface area contributed by atoms with Crippen molar-refractivity contribution in [1.29, 1.82) is 0 Å². The maximum Gasteiger partial charge on any atom is 0.251 e. The molecule has 0 unspecified atom stereocenters. The molecule has 3 aromatic rings. The number of nitrogens with one attached hydrogen (secondary N) is 1. The average molecular weight is 415 g/mol. The van der Waals surface area contributed by atoms with Gasteiger partial charge in [-0.1, -0.05) is 48.5 Å². The van der Waals surface area contributed by atoms with E-state index in [1.54, 1.807) is 6.20 Å². The number of rotatable bonds is 6. The summed E-state index contributed by atoms with van der Waals surface area (Å²) < 4.78 is 0. The number of carbonyl (C=O) groups is 2. The van der Waals surface area contributed by atoms with Crippen molar-refractivity contribution in [1.82, 2.24) is 10.3 Å². The second-order valence-electron chi connectivity index (χ2n) is 7.78. The first-order chi connectivity index (χ1) is 15.1. The van der Waals surface area contributed by atoms with Gasteiger partial charge in [0.25, 0.3) is 5.91 Å². The van der Waals surface area contributed by atoms with Crippen LogP contribution in [-0.2, 0) is 11.3 Å². The number of hydrogen-bond acceptors (Lipinski definition) is 4. The summed E-state index contributed by atoms with van der Waals surface area (Å²) in [4.78, 5) is 30.8. The molecule has 2 amide bonds. The summed E-state index contributed by atoms with van der Waals surface area (Å²) >= 11 is 0. The van der Waals surface area contributed by atoms with Crippen LogP contribution in [0.15, 0.2) is 72.9 Å². The predicted octanol–water partition coefficient (Wildman–Crippen LogP) is 3.38. The summed E-state index contributed by atoms with van der Waals surface area (Å²) in [6.07, 6.45) is 3.21. The van der Waals surface area contributed by atoms with Gasteiger partial charge in [-0.05, 0) is 42.2 Å². The molecule has 0 atom stereocenters. The van der Waals surface area contributed by atoms with Gasteiger partial charge >= 0.3 is 0 Å². The highest BCUT2D eigenvalue weighted by molar-refractivity contribution is 5.94. The highest BCUT2D eigenvalue weighted by atomic mass is 16.2. The molecule has 1 fully saturated rings. The Hall–Kier alpha value is -3.67. The first-order valence-corrected chi connectivity index (χ1v) is 10.5. The van der Waals surface area contributed by atoms with Crippen LogP contribution < -0.4 is 16.0 Å². The molecule has 1 aliphatic heterocycles. The van der Waals surface area contributed by atoms with Crippen LogP contribution in [0.2, 0.25) is 0 Å². The Bertz CT molecular complexity index is 1040. The van der Waals surface area contributed by atoms with Crippen LogP contribution in [0.4, 0.5) is 5.82 Å². The molecule has 6 nitrogen and oxygen atoms in total. The molecule has 0 bridgehead atoms. The van der Waals surface area contributed by atoms with Crippen LogP contribution in [0.5, 0.6) is 0 Å². The van der Waals surface area contributed by atoms with Crippen LogP contribution in [0.1, 0.15) is 28.8 Å². The molecule has 1 aromatic heterocycles. The highest BCUT2D eigenvalue weighted by Crippen LogP contribution is 2.24. The minimum Gasteiger partial charge on any atom is -0.369 e. The third-order valence-corrected chi connectivity index (χ3v) is 5.76. The topological polar surface area (TPSA) is 88.3 Å². The molecule has 1 aliphatic rings. The van der Waals surface area contributed by atoms with Crippen LogP contribution in [-0.4, -0.2) is 29.9 Å². The molecule has 0 radical (unpaired) electrons. The van der Waals surface area contributed by atoms with Gasteiger partial charge in [-0.2, -0.15) is 0 Å². The van der Waals surface area contributed by atoms with Gasteiger partial charge in [-0.15, -0.1) is 0 Å². The normalized spacial score (nSPS) is 14.3. The molecule has 3 N–H and O–H groups in total. The lowest BCUT2D eigenvalue weighted by Crippen LogP contribution is -2.39. The van der Waals surface area contributed by atoms with Crippen molar-refractivity contribution in [2.45, 2.75) is 19.4 Å². The molecule has 0 saturated carbocycles. The molecule has 0 spiro atoms. The van der Waals surface area contributed by atoms with Gasteiger partial charge in [0.1, 0.15) is 5.82 Å². The van der Waals surface area contributed by atoms with E-state index in [9.17, 15) is 9.59 Å². The van der Waals surface area contributed by atoms with E-state index in [0.29, 0.717) is 12.1 Å².